The highest BCUT2D eigenvalue weighted by molar-refractivity contribution is 5.80. The Morgan fingerprint density at radius 2 is 1.46 bits per heavy atom. The Morgan fingerprint density at radius 1 is 0.792 bits per heavy atom. The van der Waals surface area contributed by atoms with Crippen LogP contribution in [0.3, 0.4) is 0 Å². The lowest BCUT2D eigenvalue weighted by Crippen LogP contribution is -2.21. The molecule has 3 nitrogen and oxygen atoms in total. The number of aromatic nitrogens is 2. The second-order valence-corrected chi connectivity index (χ2v) is 5.79. The molecule has 0 fully saturated rings. The summed E-state index contributed by atoms with van der Waals surface area (Å²) in [6, 6.07) is 25.2. The van der Waals surface area contributed by atoms with Crippen LogP contribution in [-0.4, -0.2) is 9.55 Å². The Kier molecular flexibility index (Phi) is 3.47. The molecule has 0 unspecified atom stereocenters. The summed E-state index contributed by atoms with van der Waals surface area (Å²) < 4.78 is 1.69. The summed E-state index contributed by atoms with van der Waals surface area (Å²) in [5, 5.41) is 0.623. The number of nitrogens with zero attached hydrogens (tertiary/aromatic N) is 2. The van der Waals surface area contributed by atoms with Crippen molar-refractivity contribution in [3.63, 3.8) is 0 Å². The summed E-state index contributed by atoms with van der Waals surface area (Å²) in [6.07, 6.45) is 0. The molecule has 0 spiro atoms. The first-order chi connectivity index (χ1) is 11.7. The van der Waals surface area contributed by atoms with E-state index in [0.29, 0.717) is 16.7 Å². The van der Waals surface area contributed by atoms with Crippen LogP contribution in [0.25, 0.3) is 28.0 Å². The van der Waals surface area contributed by atoms with E-state index in [2.05, 4.69) is 0 Å². The SMILES string of the molecule is Cc1ccc(-n2c(-c3ccccc3)nc3ccccc3c2=O)cc1. The van der Waals surface area contributed by atoms with Crippen LogP contribution < -0.4 is 5.56 Å². The van der Waals surface area contributed by atoms with E-state index in [-0.39, 0.29) is 5.56 Å². The Hall–Kier alpha value is -3.20. The molecule has 24 heavy (non-hydrogen) atoms. The molecule has 4 rings (SSSR count). The number of hydrogen-bond donors (Lipinski definition) is 0. The fourth-order valence-electron chi connectivity index (χ4n) is 2.85. The summed E-state index contributed by atoms with van der Waals surface area (Å²) in [5.74, 6) is 0.656. The predicted molar refractivity (Wildman–Crippen MR) is 97.5 cm³/mol. The molecule has 0 aliphatic rings. The molecular weight excluding hydrogens is 296 g/mol. The predicted octanol–water partition coefficient (Wildman–Crippen LogP) is 4.36. The van der Waals surface area contributed by atoms with Crippen molar-refractivity contribution in [2.45, 2.75) is 6.92 Å². The molecule has 3 heteroatoms. The van der Waals surface area contributed by atoms with E-state index in [1.807, 2.05) is 85.8 Å². The van der Waals surface area contributed by atoms with Crippen LogP contribution in [0.4, 0.5) is 0 Å². The number of hydrogen-bond acceptors (Lipinski definition) is 2. The number of rotatable bonds is 2. The van der Waals surface area contributed by atoms with Gasteiger partial charge in [0.05, 0.1) is 16.6 Å². The third-order valence-electron chi connectivity index (χ3n) is 4.10. The van der Waals surface area contributed by atoms with Gasteiger partial charge in [0.15, 0.2) is 0 Å². The lowest BCUT2D eigenvalue weighted by Gasteiger charge is -2.14. The van der Waals surface area contributed by atoms with Crippen molar-refractivity contribution in [1.29, 1.82) is 0 Å². The molecule has 0 atom stereocenters. The van der Waals surface area contributed by atoms with Gasteiger partial charge in [-0.3, -0.25) is 9.36 Å². The Bertz CT molecular complexity index is 1060. The first-order valence-corrected chi connectivity index (χ1v) is 7.88. The Labute approximate surface area is 139 Å². The third-order valence-corrected chi connectivity index (χ3v) is 4.10. The van der Waals surface area contributed by atoms with Crippen molar-refractivity contribution in [2.24, 2.45) is 0 Å². The topological polar surface area (TPSA) is 34.9 Å². The number of fused-ring (bicyclic) bond motifs is 1. The molecule has 1 heterocycles. The van der Waals surface area contributed by atoms with Crippen molar-refractivity contribution in [1.82, 2.24) is 9.55 Å². The van der Waals surface area contributed by atoms with Gasteiger partial charge in [-0.25, -0.2) is 4.98 Å². The molecule has 0 aliphatic heterocycles. The van der Waals surface area contributed by atoms with E-state index in [4.69, 9.17) is 4.98 Å². The van der Waals surface area contributed by atoms with Crippen molar-refractivity contribution < 1.29 is 0 Å². The van der Waals surface area contributed by atoms with Crippen LogP contribution in [-0.2, 0) is 0 Å². The first kappa shape index (κ1) is 14.4. The Balaban J connectivity index is 2.11. The molecule has 0 radical (unpaired) electrons. The second-order valence-electron chi connectivity index (χ2n) is 5.79. The standard InChI is InChI=1S/C21H16N2O/c1-15-11-13-17(14-12-15)23-20(16-7-3-2-4-8-16)22-19-10-6-5-9-18(19)21(23)24/h2-14H,1H3. The van der Waals surface area contributed by atoms with Crippen LogP contribution in [0, 0.1) is 6.92 Å². The maximum Gasteiger partial charge on any atom is 0.266 e. The summed E-state index contributed by atoms with van der Waals surface area (Å²) >= 11 is 0. The minimum Gasteiger partial charge on any atom is -0.268 e. The lowest BCUT2D eigenvalue weighted by molar-refractivity contribution is 0.975. The normalized spacial score (nSPS) is 10.9. The molecule has 0 saturated carbocycles. The van der Waals surface area contributed by atoms with Crippen LogP contribution in [0.5, 0.6) is 0 Å². The highest BCUT2D eigenvalue weighted by atomic mass is 16.1. The molecule has 3 aromatic carbocycles. The molecule has 0 N–H and O–H groups in total. The second kappa shape index (κ2) is 5.78. The van der Waals surface area contributed by atoms with E-state index in [1.54, 1.807) is 4.57 Å². The molecule has 0 amide bonds. The molecule has 0 bridgehead atoms. The van der Waals surface area contributed by atoms with E-state index in [0.717, 1.165) is 16.8 Å². The average Bonchev–Trinajstić information content (AvgIpc) is 2.63. The fraction of sp³-hybridized carbons (Fsp3) is 0.0476. The van der Waals surface area contributed by atoms with E-state index in [9.17, 15) is 4.79 Å². The maximum absolute atomic E-state index is 13.1. The maximum atomic E-state index is 13.1. The van der Waals surface area contributed by atoms with Gasteiger partial charge in [0.2, 0.25) is 0 Å². The summed E-state index contributed by atoms with van der Waals surface area (Å²) in [4.78, 5) is 17.9. The molecule has 4 aromatic rings. The highest BCUT2D eigenvalue weighted by Crippen LogP contribution is 2.22. The lowest BCUT2D eigenvalue weighted by atomic mass is 10.1. The van der Waals surface area contributed by atoms with Crippen molar-refractivity contribution in [3.8, 4) is 17.1 Å². The summed E-state index contributed by atoms with van der Waals surface area (Å²) in [5.41, 5.74) is 3.55. The summed E-state index contributed by atoms with van der Waals surface area (Å²) in [6.45, 7) is 2.03. The monoisotopic (exact) mass is 312 g/mol. The van der Waals surface area contributed by atoms with E-state index >= 15 is 0 Å². The molecule has 116 valence electrons. The zero-order valence-electron chi connectivity index (χ0n) is 13.3. The van der Waals surface area contributed by atoms with Gasteiger partial charge in [-0.1, -0.05) is 60.2 Å². The minimum absolute atomic E-state index is 0.0525. The van der Waals surface area contributed by atoms with Crippen molar-refractivity contribution >= 4 is 10.9 Å². The Morgan fingerprint density at radius 3 is 2.21 bits per heavy atom. The van der Waals surface area contributed by atoms with Gasteiger partial charge in [0.1, 0.15) is 5.82 Å². The molecular formula is C21H16N2O. The fourth-order valence-corrected chi connectivity index (χ4v) is 2.85. The van der Waals surface area contributed by atoms with Crippen LogP contribution in [0.2, 0.25) is 0 Å². The van der Waals surface area contributed by atoms with Gasteiger partial charge in [-0.05, 0) is 31.2 Å². The smallest absolute Gasteiger partial charge is 0.266 e. The van der Waals surface area contributed by atoms with Gasteiger partial charge in [-0.2, -0.15) is 0 Å². The molecule has 0 saturated heterocycles. The minimum atomic E-state index is -0.0525. The van der Waals surface area contributed by atoms with Gasteiger partial charge in [0.25, 0.3) is 5.56 Å². The van der Waals surface area contributed by atoms with Crippen LogP contribution in [0.1, 0.15) is 5.56 Å². The number of para-hydroxylation sites is 1. The zero-order valence-corrected chi connectivity index (χ0v) is 13.3. The van der Waals surface area contributed by atoms with Crippen LogP contribution >= 0.6 is 0 Å². The first-order valence-electron chi connectivity index (χ1n) is 7.88. The zero-order chi connectivity index (χ0) is 16.5. The van der Waals surface area contributed by atoms with E-state index < -0.39 is 0 Å². The third kappa shape index (κ3) is 2.40. The highest BCUT2D eigenvalue weighted by Gasteiger charge is 2.13. The van der Waals surface area contributed by atoms with E-state index in [1.165, 1.54) is 0 Å². The largest absolute Gasteiger partial charge is 0.268 e. The molecule has 0 aliphatic carbocycles. The molecule has 1 aromatic heterocycles. The number of benzene rings is 3. The quantitative estimate of drug-likeness (QED) is 0.551. The van der Waals surface area contributed by atoms with Crippen LogP contribution in [0.15, 0.2) is 83.7 Å². The van der Waals surface area contributed by atoms with Crippen molar-refractivity contribution in [2.75, 3.05) is 0 Å². The number of aryl methyl sites for hydroxylation is 1. The van der Waals surface area contributed by atoms with Crippen molar-refractivity contribution in [3.05, 3.63) is 94.8 Å². The average molecular weight is 312 g/mol. The van der Waals surface area contributed by atoms with Gasteiger partial charge >= 0.3 is 0 Å². The van der Waals surface area contributed by atoms with Gasteiger partial charge in [-0.15, -0.1) is 0 Å². The van der Waals surface area contributed by atoms with Gasteiger partial charge < -0.3 is 0 Å². The van der Waals surface area contributed by atoms with Gasteiger partial charge in [0, 0.05) is 5.56 Å². The summed E-state index contributed by atoms with van der Waals surface area (Å²) in [7, 11) is 0.